The largest absolute Gasteiger partial charge is 0.341 e. The predicted molar refractivity (Wildman–Crippen MR) is 47.7 cm³/mol. The van der Waals surface area contributed by atoms with Gasteiger partial charge in [0.15, 0.2) is 0 Å². The minimum Gasteiger partial charge on any atom is -0.341 e. The smallest absolute Gasteiger partial charge is 0.243 e. The highest BCUT2D eigenvalue weighted by Crippen LogP contribution is 2.46. The van der Waals surface area contributed by atoms with Gasteiger partial charge in [0.2, 0.25) is 5.91 Å². The molecule has 1 aliphatic heterocycles. The van der Waals surface area contributed by atoms with Crippen LogP contribution in [-0.4, -0.2) is 23.9 Å². The van der Waals surface area contributed by atoms with E-state index in [0.29, 0.717) is 0 Å². The van der Waals surface area contributed by atoms with E-state index in [-0.39, 0.29) is 5.91 Å². The van der Waals surface area contributed by atoms with Gasteiger partial charge in [0, 0.05) is 13.1 Å². The standard InChI is InChI=1S/C10H14N2O/c11-8-10(4-5-10)9(13)12-6-2-1-3-7-12/h1-7H2. The van der Waals surface area contributed by atoms with Crippen molar-refractivity contribution in [2.24, 2.45) is 5.41 Å². The Morgan fingerprint density at radius 2 is 1.85 bits per heavy atom. The lowest BCUT2D eigenvalue weighted by Gasteiger charge is -2.28. The zero-order valence-corrected chi connectivity index (χ0v) is 7.75. The van der Waals surface area contributed by atoms with Gasteiger partial charge in [0.05, 0.1) is 6.07 Å². The molecule has 0 spiro atoms. The molecule has 1 aliphatic carbocycles. The number of nitriles is 1. The van der Waals surface area contributed by atoms with E-state index in [9.17, 15) is 4.79 Å². The number of amides is 1. The van der Waals surface area contributed by atoms with E-state index in [2.05, 4.69) is 6.07 Å². The molecule has 70 valence electrons. The average Bonchev–Trinajstić information content (AvgIpc) is 2.99. The van der Waals surface area contributed by atoms with Gasteiger partial charge < -0.3 is 4.90 Å². The van der Waals surface area contributed by atoms with E-state index in [1.165, 1.54) is 6.42 Å². The molecule has 3 heteroatoms. The van der Waals surface area contributed by atoms with E-state index in [4.69, 9.17) is 5.26 Å². The first-order valence-electron chi connectivity index (χ1n) is 4.99. The SMILES string of the molecule is N#CC1(C(=O)N2CCCCC2)CC1. The van der Waals surface area contributed by atoms with Crippen molar-refractivity contribution in [1.82, 2.24) is 4.90 Å². The normalized spacial score (nSPS) is 25.0. The fourth-order valence-corrected chi connectivity index (χ4v) is 1.90. The Kier molecular flexibility index (Phi) is 1.99. The van der Waals surface area contributed by atoms with Crippen molar-refractivity contribution in [1.29, 1.82) is 5.26 Å². The number of likely N-dealkylation sites (tertiary alicyclic amines) is 1. The molecule has 1 saturated carbocycles. The highest BCUT2D eigenvalue weighted by molar-refractivity contribution is 5.88. The van der Waals surface area contributed by atoms with Crippen LogP contribution in [0.1, 0.15) is 32.1 Å². The zero-order valence-electron chi connectivity index (χ0n) is 7.75. The fraction of sp³-hybridized carbons (Fsp3) is 0.800. The van der Waals surface area contributed by atoms with Crippen LogP contribution in [0.3, 0.4) is 0 Å². The molecule has 2 aliphatic rings. The zero-order chi connectivity index (χ0) is 9.31. The van der Waals surface area contributed by atoms with Crippen LogP contribution in [0.25, 0.3) is 0 Å². The van der Waals surface area contributed by atoms with Gasteiger partial charge in [-0.15, -0.1) is 0 Å². The van der Waals surface area contributed by atoms with Crippen LogP contribution in [0, 0.1) is 16.7 Å². The summed E-state index contributed by atoms with van der Waals surface area (Å²) in [7, 11) is 0. The second-order valence-electron chi connectivity index (χ2n) is 4.05. The Labute approximate surface area is 78.3 Å². The molecule has 3 nitrogen and oxygen atoms in total. The molecule has 2 fully saturated rings. The molecule has 0 aromatic carbocycles. The third kappa shape index (κ3) is 1.41. The van der Waals surface area contributed by atoms with E-state index in [0.717, 1.165) is 38.8 Å². The van der Waals surface area contributed by atoms with Crippen molar-refractivity contribution in [3.05, 3.63) is 0 Å². The molecule has 1 heterocycles. The Balaban J connectivity index is 2.00. The van der Waals surface area contributed by atoms with Gasteiger partial charge in [-0.05, 0) is 32.1 Å². The number of carbonyl (C=O) groups excluding carboxylic acids is 1. The van der Waals surface area contributed by atoms with Crippen LogP contribution in [0.2, 0.25) is 0 Å². The van der Waals surface area contributed by atoms with Gasteiger partial charge >= 0.3 is 0 Å². The van der Waals surface area contributed by atoms with E-state index in [1.54, 1.807) is 0 Å². The number of hydrogen-bond acceptors (Lipinski definition) is 2. The van der Waals surface area contributed by atoms with E-state index >= 15 is 0 Å². The summed E-state index contributed by atoms with van der Waals surface area (Å²) in [6, 6.07) is 2.16. The maximum atomic E-state index is 11.8. The molecule has 0 bridgehead atoms. The molecule has 2 rings (SSSR count). The molecule has 13 heavy (non-hydrogen) atoms. The summed E-state index contributed by atoms with van der Waals surface area (Å²) in [4.78, 5) is 13.7. The maximum absolute atomic E-state index is 11.8. The topological polar surface area (TPSA) is 44.1 Å². The van der Waals surface area contributed by atoms with Gasteiger partial charge in [-0.25, -0.2) is 0 Å². The minimum atomic E-state index is -0.600. The predicted octanol–water partition coefficient (Wildman–Crippen LogP) is 1.30. The molecule has 1 amide bonds. The summed E-state index contributed by atoms with van der Waals surface area (Å²) < 4.78 is 0. The lowest BCUT2D eigenvalue weighted by molar-refractivity contribution is -0.135. The van der Waals surface area contributed by atoms with E-state index in [1.807, 2.05) is 4.90 Å². The second-order valence-corrected chi connectivity index (χ2v) is 4.05. The van der Waals surface area contributed by atoms with Crippen molar-refractivity contribution in [2.75, 3.05) is 13.1 Å². The quantitative estimate of drug-likeness (QED) is 0.607. The summed E-state index contributed by atoms with van der Waals surface area (Å²) in [5, 5.41) is 8.86. The molecule has 0 unspecified atom stereocenters. The Bertz CT molecular complexity index is 257. The van der Waals surface area contributed by atoms with Gasteiger partial charge in [0.1, 0.15) is 5.41 Å². The first-order valence-corrected chi connectivity index (χ1v) is 4.99. The Morgan fingerprint density at radius 3 is 2.31 bits per heavy atom. The molecule has 1 saturated heterocycles. The first kappa shape index (κ1) is 8.55. The Hall–Kier alpha value is -1.04. The lowest BCUT2D eigenvalue weighted by atomic mass is 10.0. The Morgan fingerprint density at radius 1 is 1.23 bits per heavy atom. The third-order valence-corrected chi connectivity index (χ3v) is 3.02. The molecule has 0 radical (unpaired) electrons. The molecule has 0 atom stereocenters. The van der Waals surface area contributed by atoms with Gasteiger partial charge in [-0.1, -0.05) is 0 Å². The number of piperidine rings is 1. The van der Waals surface area contributed by atoms with Crippen molar-refractivity contribution in [3.63, 3.8) is 0 Å². The van der Waals surface area contributed by atoms with E-state index < -0.39 is 5.41 Å². The number of hydrogen-bond donors (Lipinski definition) is 0. The summed E-state index contributed by atoms with van der Waals surface area (Å²) in [5.41, 5.74) is -0.600. The number of carbonyl (C=O) groups is 1. The summed E-state index contributed by atoms with van der Waals surface area (Å²) in [6.45, 7) is 1.73. The van der Waals surface area contributed by atoms with Crippen LogP contribution in [0.5, 0.6) is 0 Å². The van der Waals surface area contributed by atoms with Crippen LogP contribution in [0.15, 0.2) is 0 Å². The summed E-state index contributed by atoms with van der Waals surface area (Å²) in [5.74, 6) is 0.0923. The summed E-state index contributed by atoms with van der Waals surface area (Å²) >= 11 is 0. The molecule has 0 aromatic rings. The van der Waals surface area contributed by atoms with Crippen molar-refractivity contribution in [3.8, 4) is 6.07 Å². The van der Waals surface area contributed by atoms with Crippen LogP contribution < -0.4 is 0 Å². The molecular weight excluding hydrogens is 164 g/mol. The average molecular weight is 178 g/mol. The van der Waals surface area contributed by atoms with Crippen LogP contribution in [-0.2, 0) is 4.79 Å². The monoisotopic (exact) mass is 178 g/mol. The maximum Gasteiger partial charge on any atom is 0.243 e. The van der Waals surface area contributed by atoms with Crippen LogP contribution in [0.4, 0.5) is 0 Å². The second kappa shape index (κ2) is 3.02. The highest BCUT2D eigenvalue weighted by atomic mass is 16.2. The van der Waals surface area contributed by atoms with Gasteiger partial charge in [-0.3, -0.25) is 4.79 Å². The fourth-order valence-electron chi connectivity index (χ4n) is 1.90. The third-order valence-electron chi connectivity index (χ3n) is 3.02. The van der Waals surface area contributed by atoms with Crippen LogP contribution >= 0.6 is 0 Å². The van der Waals surface area contributed by atoms with Crippen molar-refractivity contribution in [2.45, 2.75) is 32.1 Å². The number of nitrogens with zero attached hydrogens (tertiary/aromatic N) is 2. The van der Waals surface area contributed by atoms with Gasteiger partial charge in [-0.2, -0.15) is 5.26 Å². The molecular formula is C10H14N2O. The van der Waals surface area contributed by atoms with Crippen molar-refractivity contribution >= 4 is 5.91 Å². The molecule has 0 N–H and O–H groups in total. The van der Waals surface area contributed by atoms with Crippen molar-refractivity contribution < 1.29 is 4.79 Å². The molecule has 0 aromatic heterocycles. The minimum absolute atomic E-state index is 0.0923. The first-order chi connectivity index (χ1) is 6.28. The van der Waals surface area contributed by atoms with Gasteiger partial charge in [0.25, 0.3) is 0 Å². The highest BCUT2D eigenvalue weighted by Gasteiger charge is 2.52. The lowest BCUT2D eigenvalue weighted by Crippen LogP contribution is -2.40. The summed E-state index contributed by atoms with van der Waals surface area (Å²) in [6.07, 6.45) is 4.99. The number of rotatable bonds is 1.